The number of ether oxygens (including phenoxy) is 1. The molecule has 0 aromatic heterocycles. The molecule has 1 aliphatic heterocycles. The first-order valence-corrected chi connectivity index (χ1v) is 16.8. The molecule has 8 heteroatoms. The Bertz CT molecular complexity index is 1680. The van der Waals surface area contributed by atoms with E-state index >= 15 is 0 Å². The van der Waals surface area contributed by atoms with Crippen LogP contribution in [0, 0.1) is 5.41 Å². The number of benzene rings is 4. The number of nitrogens with zero attached hydrogens (tertiary/aromatic N) is 1. The van der Waals surface area contributed by atoms with Gasteiger partial charge in [0.15, 0.2) is 0 Å². The molecule has 2 atom stereocenters. The van der Waals surface area contributed by atoms with E-state index in [2.05, 4.69) is 11.9 Å². The van der Waals surface area contributed by atoms with Gasteiger partial charge in [-0.25, -0.2) is 4.79 Å². The van der Waals surface area contributed by atoms with Gasteiger partial charge in [-0.2, -0.15) is 0 Å². The van der Waals surface area contributed by atoms with Crippen LogP contribution in [0.3, 0.4) is 0 Å². The molecule has 228 valence electrons. The molecule has 0 bridgehead atoms. The van der Waals surface area contributed by atoms with Gasteiger partial charge in [0.1, 0.15) is 18.2 Å². The van der Waals surface area contributed by atoms with Crippen molar-refractivity contribution in [3.63, 3.8) is 0 Å². The summed E-state index contributed by atoms with van der Waals surface area (Å²) in [5.74, 6) is -1.31. The highest BCUT2D eigenvalue weighted by Crippen LogP contribution is 2.51. The highest BCUT2D eigenvalue weighted by molar-refractivity contribution is 7.96. The van der Waals surface area contributed by atoms with Crippen LogP contribution < -0.4 is 21.2 Å². The van der Waals surface area contributed by atoms with Crippen LogP contribution in [0.15, 0.2) is 134 Å². The third kappa shape index (κ3) is 6.06. The largest absolute Gasteiger partial charge is 0.456 e. The van der Waals surface area contributed by atoms with Gasteiger partial charge < -0.3 is 10.1 Å². The first-order chi connectivity index (χ1) is 21.7. The Morgan fingerprint density at radius 1 is 0.867 bits per heavy atom. The Labute approximate surface area is 269 Å². The summed E-state index contributed by atoms with van der Waals surface area (Å²) in [4.78, 5) is 44.0. The minimum absolute atomic E-state index is 0.00615. The standard InChI is InChI=1S/C37H35N2O4PS/c1-4-32(45)25-37(3)35(38-27(2)40)39(36(37)42)33(34(41)43-26-28-17-9-5-10-18-28)44(29-19-11-6-12-20-29,30-21-13-7-14-22-30)31-23-15-8-16-24-31/h4-24,35H,1,25-26H2,2-3H3,(H,38,40)/t35-,37-/m0/s1. The first-order valence-electron chi connectivity index (χ1n) is 14.6. The van der Waals surface area contributed by atoms with E-state index in [9.17, 15) is 14.4 Å². The van der Waals surface area contributed by atoms with Gasteiger partial charge in [-0.3, -0.25) is 14.5 Å². The van der Waals surface area contributed by atoms with Crippen molar-refractivity contribution in [1.29, 1.82) is 0 Å². The Morgan fingerprint density at radius 3 is 1.73 bits per heavy atom. The van der Waals surface area contributed by atoms with E-state index in [0.29, 0.717) is 4.86 Å². The zero-order valence-corrected chi connectivity index (χ0v) is 27.0. The molecule has 5 rings (SSSR count). The summed E-state index contributed by atoms with van der Waals surface area (Å²) < 4.78 is 6.09. The molecule has 1 heterocycles. The molecule has 1 N–H and O–H groups in total. The topological polar surface area (TPSA) is 75.7 Å². The summed E-state index contributed by atoms with van der Waals surface area (Å²) >= 11 is 5.48. The number of esters is 1. The molecule has 6 nitrogen and oxygen atoms in total. The molecule has 45 heavy (non-hydrogen) atoms. The number of carbonyl (C=O) groups is 3. The number of amides is 2. The summed E-state index contributed by atoms with van der Waals surface area (Å²) in [7, 11) is 0. The predicted octanol–water partition coefficient (Wildman–Crippen LogP) is 5.11. The monoisotopic (exact) mass is 634 g/mol. The second-order valence-corrected chi connectivity index (χ2v) is 14.9. The molecule has 4 aromatic carbocycles. The van der Waals surface area contributed by atoms with Crippen LogP contribution in [0.25, 0.3) is 0 Å². The van der Waals surface area contributed by atoms with Crippen LogP contribution in [0.5, 0.6) is 0 Å². The normalized spacial score (nSPS) is 17.5. The Kier molecular flexibility index (Phi) is 9.62. The number of hydrogen-bond acceptors (Lipinski definition) is 5. The van der Waals surface area contributed by atoms with Gasteiger partial charge in [0.05, 0.1) is 5.41 Å². The van der Waals surface area contributed by atoms with Crippen LogP contribution in [0.4, 0.5) is 0 Å². The Hall–Kier alpha value is -4.58. The average Bonchev–Trinajstić information content (AvgIpc) is 3.08. The molecule has 0 aliphatic carbocycles. The number of nitrogens with one attached hydrogen (secondary N) is 1. The molecule has 0 unspecified atom stereocenters. The number of rotatable bonds is 11. The first kappa shape index (κ1) is 31.8. The number of β-lactam (4-membered cyclic amide) rings is 1. The van der Waals surface area contributed by atoms with Crippen molar-refractivity contribution in [1.82, 2.24) is 10.2 Å². The van der Waals surface area contributed by atoms with Gasteiger partial charge in [-0.05, 0) is 28.4 Å². The van der Waals surface area contributed by atoms with Crippen LogP contribution in [0.1, 0.15) is 25.8 Å². The van der Waals surface area contributed by atoms with Gasteiger partial charge >= 0.3 is 5.97 Å². The van der Waals surface area contributed by atoms with E-state index in [0.717, 1.165) is 21.5 Å². The number of allylic oxidation sites excluding steroid dienone is 1. The zero-order valence-electron chi connectivity index (χ0n) is 25.3. The lowest BCUT2D eigenvalue weighted by molar-refractivity contribution is -0.165. The average molecular weight is 635 g/mol. The number of likely N-dealkylation sites (tertiary alicyclic amines) is 1. The maximum atomic E-state index is 14.8. The predicted molar refractivity (Wildman–Crippen MR) is 186 cm³/mol. The molecule has 1 saturated heterocycles. The van der Waals surface area contributed by atoms with Crippen LogP contribution in [-0.4, -0.2) is 39.1 Å². The summed E-state index contributed by atoms with van der Waals surface area (Å²) in [6, 6.07) is 38.7. The quantitative estimate of drug-likeness (QED) is 0.0817. The molecular weight excluding hydrogens is 599 g/mol. The highest BCUT2D eigenvalue weighted by atomic mass is 32.1. The molecule has 2 amide bonds. The molecule has 1 aliphatic rings. The Morgan fingerprint density at radius 2 is 1.31 bits per heavy atom. The van der Waals surface area contributed by atoms with Crippen molar-refractivity contribution in [2.75, 3.05) is 0 Å². The van der Waals surface area contributed by atoms with E-state index in [-0.39, 0.29) is 30.3 Å². The molecule has 4 aromatic rings. The number of thiocarbonyl (C=S) groups is 1. The third-order valence-corrected chi connectivity index (χ3v) is 12.6. The van der Waals surface area contributed by atoms with Gasteiger partial charge in [-0.1, -0.05) is 146 Å². The number of carbonyl (C=O) groups excluding carboxylic acids is 3. The van der Waals surface area contributed by atoms with Crippen LogP contribution in [0.2, 0.25) is 0 Å². The van der Waals surface area contributed by atoms with Crippen molar-refractivity contribution in [3.8, 4) is 0 Å². The summed E-state index contributed by atoms with van der Waals surface area (Å²) in [6.07, 6.45) is 0.858. The van der Waals surface area contributed by atoms with Crippen molar-refractivity contribution in [2.45, 2.75) is 33.0 Å². The van der Waals surface area contributed by atoms with Crippen LogP contribution >= 0.6 is 19.1 Å². The van der Waals surface area contributed by atoms with Crippen LogP contribution in [-0.2, 0) is 25.7 Å². The summed E-state index contributed by atoms with van der Waals surface area (Å²) in [5.41, 5.74) is -0.114. The Balaban J connectivity index is 1.88. The van der Waals surface area contributed by atoms with E-state index < -0.39 is 24.4 Å². The van der Waals surface area contributed by atoms with Gasteiger partial charge in [-0.15, -0.1) is 0 Å². The lowest BCUT2D eigenvalue weighted by Crippen LogP contribution is -2.76. The highest BCUT2D eigenvalue weighted by Gasteiger charge is 2.61. The molecule has 1 fully saturated rings. The molecule has 0 saturated carbocycles. The second-order valence-electron chi connectivity index (χ2n) is 11.1. The zero-order chi connectivity index (χ0) is 32.0. The number of hydrogen-bond donors (Lipinski definition) is 1. The minimum Gasteiger partial charge on any atom is -0.456 e. The molecule has 0 radical (unpaired) electrons. The second kappa shape index (κ2) is 13.6. The lowest BCUT2D eigenvalue weighted by Gasteiger charge is -2.55. The maximum absolute atomic E-state index is 14.8. The fraction of sp³-hybridized carbons (Fsp3) is 0.162. The van der Waals surface area contributed by atoms with Crippen molar-refractivity contribution in [2.24, 2.45) is 5.41 Å². The van der Waals surface area contributed by atoms with Gasteiger partial charge in [0.25, 0.3) is 0 Å². The van der Waals surface area contributed by atoms with Crippen molar-refractivity contribution >= 4 is 63.1 Å². The van der Waals surface area contributed by atoms with Gasteiger partial charge in [0, 0.05) is 25.1 Å². The smallest absolute Gasteiger partial charge is 0.356 e. The van der Waals surface area contributed by atoms with E-state index in [1.54, 1.807) is 6.92 Å². The third-order valence-electron chi connectivity index (χ3n) is 8.05. The summed E-state index contributed by atoms with van der Waals surface area (Å²) in [6.45, 7) is 3.82. The van der Waals surface area contributed by atoms with E-state index in [1.807, 2.05) is 121 Å². The summed E-state index contributed by atoms with van der Waals surface area (Å²) in [5, 5.41) is 5.56. The SMILES string of the molecule is C=CC(=S)C[C@]1(C)C(=O)N(C(C(=O)OCc2ccccc2)=P(c2ccccc2)(c2ccccc2)c2ccccc2)[C@@H]1NC(C)=O. The lowest BCUT2D eigenvalue weighted by atomic mass is 9.72. The molecular formula is C37H35N2O4PS. The van der Waals surface area contributed by atoms with Crippen molar-refractivity contribution < 1.29 is 19.1 Å². The van der Waals surface area contributed by atoms with E-state index in [4.69, 9.17) is 17.0 Å². The fourth-order valence-electron chi connectivity index (χ4n) is 5.92. The van der Waals surface area contributed by atoms with Crippen molar-refractivity contribution in [3.05, 3.63) is 140 Å². The molecule has 0 spiro atoms. The van der Waals surface area contributed by atoms with E-state index in [1.165, 1.54) is 17.9 Å². The minimum atomic E-state index is -3.13. The van der Waals surface area contributed by atoms with Gasteiger partial charge in [0.2, 0.25) is 11.8 Å². The maximum Gasteiger partial charge on any atom is 0.356 e. The fourth-order valence-corrected chi connectivity index (χ4v) is 10.6.